The van der Waals surface area contributed by atoms with Crippen molar-refractivity contribution in [2.45, 2.75) is 13.0 Å². The molecule has 2 aliphatic rings. The minimum absolute atomic E-state index is 0.0251. The molecule has 2 heterocycles. The number of halogens is 3. The number of carbonyl (C=O) groups is 3. The van der Waals surface area contributed by atoms with E-state index in [4.69, 9.17) is 39.5 Å². The summed E-state index contributed by atoms with van der Waals surface area (Å²) in [4.78, 5) is 38.1. The third-order valence-electron chi connectivity index (χ3n) is 3.61. The maximum atomic E-state index is 12.7. The molecule has 1 saturated heterocycles. The highest BCUT2D eigenvalue weighted by molar-refractivity contribution is 6.49. The fourth-order valence-electron chi connectivity index (χ4n) is 2.63. The Labute approximate surface area is 151 Å². The highest BCUT2D eigenvalue weighted by Crippen LogP contribution is 2.41. The molecular weight excluding hydrogens is 381 g/mol. The number of amides is 2. The molecule has 0 aliphatic carbocycles. The van der Waals surface area contributed by atoms with E-state index in [9.17, 15) is 14.4 Å². The van der Waals surface area contributed by atoms with Gasteiger partial charge in [-0.05, 0) is 19.1 Å². The van der Waals surface area contributed by atoms with Crippen LogP contribution in [0.25, 0.3) is 0 Å². The van der Waals surface area contributed by atoms with E-state index in [1.807, 2.05) is 0 Å². The van der Waals surface area contributed by atoms with Crippen molar-refractivity contribution in [3.05, 3.63) is 27.2 Å². The lowest BCUT2D eigenvalue weighted by Gasteiger charge is -2.18. The van der Waals surface area contributed by atoms with Gasteiger partial charge in [0, 0.05) is 5.02 Å². The first-order valence-electron chi connectivity index (χ1n) is 6.89. The van der Waals surface area contributed by atoms with Gasteiger partial charge in [0.25, 0.3) is 5.91 Å². The average molecular weight is 391 g/mol. The van der Waals surface area contributed by atoms with Crippen LogP contribution in [0.5, 0.6) is 0 Å². The van der Waals surface area contributed by atoms with E-state index in [1.165, 1.54) is 12.1 Å². The summed E-state index contributed by atoms with van der Waals surface area (Å²) in [5.41, 5.74) is 2.38. The Morgan fingerprint density at radius 2 is 1.88 bits per heavy atom. The summed E-state index contributed by atoms with van der Waals surface area (Å²) >= 11 is 18.0. The fraction of sp³-hybridized carbons (Fsp3) is 0.286. The van der Waals surface area contributed by atoms with Gasteiger partial charge in [-0.2, -0.15) is 5.10 Å². The van der Waals surface area contributed by atoms with Gasteiger partial charge in [-0.25, -0.2) is 9.69 Å². The van der Waals surface area contributed by atoms with Crippen LogP contribution in [-0.2, 0) is 19.1 Å². The molecule has 2 aliphatic heterocycles. The summed E-state index contributed by atoms with van der Waals surface area (Å²) in [6.45, 7) is 1.75. The average Bonchev–Trinajstić information content (AvgIpc) is 3.02. The zero-order valence-electron chi connectivity index (χ0n) is 12.2. The van der Waals surface area contributed by atoms with Gasteiger partial charge < -0.3 is 4.74 Å². The molecule has 2 amide bonds. The topological polar surface area (TPSA) is 88.1 Å². The molecule has 0 unspecified atom stereocenters. The monoisotopic (exact) mass is 389 g/mol. The zero-order valence-corrected chi connectivity index (χ0v) is 14.4. The van der Waals surface area contributed by atoms with Gasteiger partial charge in [0.05, 0.1) is 22.3 Å². The minimum Gasteiger partial charge on any atom is -0.461 e. The Morgan fingerprint density at radius 1 is 1.25 bits per heavy atom. The predicted molar refractivity (Wildman–Crippen MR) is 88.4 cm³/mol. The second kappa shape index (κ2) is 6.23. The van der Waals surface area contributed by atoms with Crippen molar-refractivity contribution in [3.8, 4) is 0 Å². The molecule has 0 bridgehead atoms. The van der Waals surface area contributed by atoms with E-state index in [2.05, 4.69) is 10.5 Å². The second-order valence-corrected chi connectivity index (χ2v) is 6.28. The quantitative estimate of drug-likeness (QED) is 0.630. The first kappa shape index (κ1) is 17.0. The lowest BCUT2D eigenvalue weighted by atomic mass is 9.99. The Balaban J connectivity index is 2.00. The number of hydrazone groups is 1. The molecule has 1 N–H and O–H groups in total. The summed E-state index contributed by atoms with van der Waals surface area (Å²) in [5.74, 6) is -3.11. The molecule has 0 spiro atoms. The van der Waals surface area contributed by atoms with E-state index < -0.39 is 29.7 Å². The summed E-state index contributed by atoms with van der Waals surface area (Å²) < 4.78 is 4.86. The maximum Gasteiger partial charge on any atom is 0.355 e. The Kier molecular flexibility index (Phi) is 4.42. The Morgan fingerprint density at radius 3 is 2.46 bits per heavy atom. The van der Waals surface area contributed by atoms with Crippen molar-refractivity contribution in [1.29, 1.82) is 0 Å². The lowest BCUT2D eigenvalue weighted by molar-refractivity contribution is -0.136. The number of rotatable bonds is 3. The SMILES string of the molecule is CCOC(=O)C1=NN[C@H]2C(=O)N(c3c(Cl)cc(Cl)cc3Cl)C(=O)[C@H]12. The number of anilines is 1. The smallest absolute Gasteiger partial charge is 0.355 e. The second-order valence-electron chi connectivity index (χ2n) is 5.03. The molecule has 24 heavy (non-hydrogen) atoms. The van der Waals surface area contributed by atoms with Gasteiger partial charge in [-0.15, -0.1) is 0 Å². The minimum atomic E-state index is -1.08. The van der Waals surface area contributed by atoms with E-state index in [0.717, 1.165) is 4.90 Å². The van der Waals surface area contributed by atoms with Crippen molar-refractivity contribution in [2.75, 3.05) is 11.5 Å². The standard InChI is InChI=1S/C14H10Cl3N3O4/c1-2-24-14(23)10-8-9(18-19-10)13(22)20(12(8)21)11-6(16)3-5(15)4-7(11)17/h3-4,8-9,18H,2H2,1H3/t8-,9+/m0/s1. The van der Waals surface area contributed by atoms with E-state index in [-0.39, 0.29) is 33.1 Å². The zero-order chi connectivity index (χ0) is 17.6. The molecule has 3 rings (SSSR count). The molecule has 1 aromatic carbocycles. The summed E-state index contributed by atoms with van der Waals surface area (Å²) in [7, 11) is 0. The number of carbonyl (C=O) groups excluding carboxylic acids is 3. The Hall–Kier alpha value is -1.83. The summed E-state index contributed by atoms with van der Waals surface area (Å²) in [6.07, 6.45) is 0. The van der Waals surface area contributed by atoms with Gasteiger partial charge in [-0.1, -0.05) is 34.8 Å². The number of fused-ring (bicyclic) bond motifs is 1. The maximum absolute atomic E-state index is 12.7. The van der Waals surface area contributed by atoms with Crippen molar-refractivity contribution < 1.29 is 19.1 Å². The van der Waals surface area contributed by atoms with Crippen LogP contribution in [0.2, 0.25) is 15.1 Å². The van der Waals surface area contributed by atoms with Crippen LogP contribution in [0.4, 0.5) is 5.69 Å². The lowest BCUT2D eigenvalue weighted by Crippen LogP contribution is -2.36. The normalized spacial score (nSPS) is 22.3. The third-order valence-corrected chi connectivity index (χ3v) is 4.41. The summed E-state index contributed by atoms with van der Waals surface area (Å²) in [5, 5.41) is 4.12. The number of imide groups is 1. The van der Waals surface area contributed by atoms with Gasteiger partial charge in [-0.3, -0.25) is 15.0 Å². The van der Waals surface area contributed by atoms with Crippen LogP contribution in [0.1, 0.15) is 6.92 Å². The molecule has 10 heteroatoms. The van der Waals surface area contributed by atoms with Gasteiger partial charge in [0.2, 0.25) is 5.91 Å². The predicted octanol–water partition coefficient (Wildman–Crippen LogP) is 2.03. The largest absolute Gasteiger partial charge is 0.461 e. The van der Waals surface area contributed by atoms with Crippen LogP contribution >= 0.6 is 34.8 Å². The third kappa shape index (κ3) is 2.53. The molecule has 126 valence electrons. The molecular formula is C14H10Cl3N3O4. The molecule has 0 aromatic heterocycles. The van der Waals surface area contributed by atoms with E-state index >= 15 is 0 Å². The fourth-order valence-corrected chi connectivity index (χ4v) is 3.62. The molecule has 0 saturated carbocycles. The van der Waals surface area contributed by atoms with E-state index in [0.29, 0.717) is 0 Å². The van der Waals surface area contributed by atoms with Gasteiger partial charge in [0.15, 0.2) is 5.71 Å². The van der Waals surface area contributed by atoms with Crippen molar-refractivity contribution in [2.24, 2.45) is 11.0 Å². The molecule has 0 radical (unpaired) electrons. The number of benzene rings is 1. The number of hydrogen-bond donors (Lipinski definition) is 1. The van der Waals surface area contributed by atoms with Crippen LogP contribution < -0.4 is 10.3 Å². The first-order chi connectivity index (χ1) is 11.4. The van der Waals surface area contributed by atoms with Crippen LogP contribution in [0, 0.1) is 5.92 Å². The number of esters is 1. The highest BCUT2D eigenvalue weighted by atomic mass is 35.5. The number of nitrogens with zero attached hydrogens (tertiary/aromatic N) is 2. The van der Waals surface area contributed by atoms with Crippen molar-refractivity contribution in [1.82, 2.24) is 5.43 Å². The van der Waals surface area contributed by atoms with E-state index in [1.54, 1.807) is 6.92 Å². The molecule has 7 nitrogen and oxygen atoms in total. The Bertz CT molecular complexity index is 772. The molecule has 1 aromatic rings. The van der Waals surface area contributed by atoms with Crippen molar-refractivity contribution in [3.63, 3.8) is 0 Å². The number of ether oxygens (including phenoxy) is 1. The molecule has 1 fully saturated rings. The van der Waals surface area contributed by atoms with Crippen LogP contribution in [-0.4, -0.2) is 36.1 Å². The van der Waals surface area contributed by atoms with Crippen LogP contribution in [0.3, 0.4) is 0 Å². The first-order valence-corrected chi connectivity index (χ1v) is 8.02. The van der Waals surface area contributed by atoms with Crippen LogP contribution in [0.15, 0.2) is 17.2 Å². The number of nitrogens with one attached hydrogen (secondary N) is 1. The molecule has 2 atom stereocenters. The summed E-state index contributed by atoms with van der Waals surface area (Å²) in [6, 6.07) is 1.74. The van der Waals surface area contributed by atoms with Gasteiger partial charge in [0.1, 0.15) is 12.0 Å². The van der Waals surface area contributed by atoms with Gasteiger partial charge >= 0.3 is 5.97 Å². The number of hydrogen-bond acceptors (Lipinski definition) is 6. The highest BCUT2D eigenvalue weighted by Gasteiger charge is 2.56. The van der Waals surface area contributed by atoms with Crippen molar-refractivity contribution >= 4 is 64.0 Å².